The Morgan fingerprint density at radius 3 is 2.12 bits per heavy atom. The molecule has 178 valence electrons. The fourth-order valence-corrected chi connectivity index (χ4v) is 5.01. The SMILES string of the molecule is CCOC(=O)C1=C(N)N2C(=O)[C@H](C)SC2=C(C(=O)OC)[C@H]1c1cc(OC)c(OC)c(OC)c1. The van der Waals surface area contributed by atoms with Gasteiger partial charge in [0.25, 0.3) is 0 Å². The second-order valence-corrected chi connectivity index (χ2v) is 8.38. The number of nitrogens with two attached hydrogens (primary N) is 1. The van der Waals surface area contributed by atoms with Crippen LogP contribution in [0, 0.1) is 0 Å². The molecule has 2 N–H and O–H groups in total. The van der Waals surface area contributed by atoms with Gasteiger partial charge < -0.3 is 29.4 Å². The van der Waals surface area contributed by atoms with Gasteiger partial charge in [-0.25, -0.2) is 9.59 Å². The van der Waals surface area contributed by atoms with Gasteiger partial charge in [0.2, 0.25) is 11.7 Å². The summed E-state index contributed by atoms with van der Waals surface area (Å²) in [7, 11) is 5.59. The molecule has 10 nitrogen and oxygen atoms in total. The third-order valence-corrected chi connectivity index (χ3v) is 6.49. The molecule has 33 heavy (non-hydrogen) atoms. The zero-order valence-electron chi connectivity index (χ0n) is 19.2. The maximum atomic E-state index is 13.1. The largest absolute Gasteiger partial charge is 0.493 e. The Morgan fingerprint density at radius 2 is 1.64 bits per heavy atom. The van der Waals surface area contributed by atoms with Gasteiger partial charge in [-0.05, 0) is 31.5 Å². The predicted molar refractivity (Wildman–Crippen MR) is 120 cm³/mol. The number of fused-ring (bicyclic) bond motifs is 1. The Morgan fingerprint density at radius 1 is 1.03 bits per heavy atom. The van der Waals surface area contributed by atoms with Gasteiger partial charge in [-0.15, -0.1) is 0 Å². The van der Waals surface area contributed by atoms with Crippen molar-refractivity contribution in [2.45, 2.75) is 25.0 Å². The molecule has 1 aromatic rings. The highest BCUT2D eigenvalue weighted by molar-refractivity contribution is 8.04. The van der Waals surface area contributed by atoms with E-state index >= 15 is 0 Å². The molecule has 2 heterocycles. The van der Waals surface area contributed by atoms with Gasteiger partial charge in [0, 0.05) is 0 Å². The first-order chi connectivity index (χ1) is 15.7. The first-order valence-corrected chi connectivity index (χ1v) is 10.9. The fraction of sp³-hybridized carbons (Fsp3) is 0.409. The second-order valence-electron chi connectivity index (χ2n) is 7.06. The number of benzene rings is 1. The van der Waals surface area contributed by atoms with Gasteiger partial charge in [0.05, 0.1) is 62.4 Å². The Kier molecular flexibility index (Phi) is 7.11. The summed E-state index contributed by atoms with van der Waals surface area (Å²) in [4.78, 5) is 40.2. The van der Waals surface area contributed by atoms with E-state index < -0.39 is 23.1 Å². The first-order valence-electron chi connectivity index (χ1n) is 10.0. The molecule has 3 rings (SSSR count). The third-order valence-electron chi connectivity index (χ3n) is 5.31. The maximum absolute atomic E-state index is 13.1. The summed E-state index contributed by atoms with van der Waals surface area (Å²) < 4.78 is 26.6. The van der Waals surface area contributed by atoms with Gasteiger partial charge >= 0.3 is 11.9 Å². The van der Waals surface area contributed by atoms with Gasteiger partial charge in [-0.1, -0.05) is 11.8 Å². The minimum absolute atomic E-state index is 0.0571. The number of esters is 2. The summed E-state index contributed by atoms with van der Waals surface area (Å²) in [5.41, 5.74) is 6.85. The molecule has 0 unspecified atom stereocenters. The number of thioether (sulfide) groups is 1. The van der Waals surface area contributed by atoms with Crippen molar-refractivity contribution in [2.24, 2.45) is 5.73 Å². The Balaban J connectivity index is 2.38. The van der Waals surface area contributed by atoms with E-state index in [0.29, 0.717) is 27.8 Å². The number of amides is 1. The molecule has 0 radical (unpaired) electrons. The summed E-state index contributed by atoms with van der Waals surface area (Å²) in [5.74, 6) is -1.97. The van der Waals surface area contributed by atoms with Gasteiger partial charge in [0.1, 0.15) is 5.82 Å². The van der Waals surface area contributed by atoms with Gasteiger partial charge in [0.15, 0.2) is 11.5 Å². The standard InChI is InChI=1S/C22H26N2O8S/c1-7-32-22(27)15-14(11-8-12(28-3)17(30-5)13(9-11)29-4)16(21(26)31-6)20-24(18(15)23)19(25)10(2)33-20/h8-10,14H,7,23H2,1-6H3/t10-,14-/m0/s1. The van der Waals surface area contributed by atoms with Crippen LogP contribution < -0.4 is 19.9 Å². The van der Waals surface area contributed by atoms with E-state index in [2.05, 4.69) is 0 Å². The number of methoxy groups -OCH3 is 4. The van der Waals surface area contributed by atoms with E-state index in [0.717, 1.165) is 0 Å². The highest BCUT2D eigenvalue weighted by atomic mass is 32.2. The molecular formula is C22H26N2O8S. The highest BCUT2D eigenvalue weighted by Gasteiger charge is 2.49. The lowest BCUT2D eigenvalue weighted by Crippen LogP contribution is -2.40. The summed E-state index contributed by atoms with van der Waals surface area (Å²) in [6.45, 7) is 3.41. The van der Waals surface area contributed by atoms with Crippen LogP contribution in [-0.2, 0) is 23.9 Å². The lowest BCUT2D eigenvalue weighted by molar-refractivity contribution is -0.139. The minimum atomic E-state index is -1.01. The van der Waals surface area contributed by atoms with Crippen LogP contribution in [0.4, 0.5) is 0 Å². The Labute approximate surface area is 195 Å². The summed E-state index contributed by atoms with van der Waals surface area (Å²) in [5, 5.41) is -0.205. The monoisotopic (exact) mass is 478 g/mol. The normalized spacial score (nSPS) is 19.9. The Hall–Kier alpha value is -3.34. The topological polar surface area (TPSA) is 127 Å². The molecule has 2 atom stereocenters. The second kappa shape index (κ2) is 9.65. The van der Waals surface area contributed by atoms with Crippen LogP contribution >= 0.6 is 11.8 Å². The van der Waals surface area contributed by atoms with Crippen molar-refractivity contribution in [2.75, 3.05) is 35.0 Å². The zero-order chi connectivity index (χ0) is 24.4. The van der Waals surface area contributed by atoms with Gasteiger partial charge in [-0.3, -0.25) is 9.69 Å². The van der Waals surface area contributed by atoms with Crippen molar-refractivity contribution in [1.29, 1.82) is 0 Å². The van der Waals surface area contributed by atoms with Crippen molar-refractivity contribution < 1.29 is 38.1 Å². The zero-order valence-corrected chi connectivity index (χ0v) is 20.0. The van der Waals surface area contributed by atoms with Crippen LogP contribution in [0.15, 0.2) is 34.1 Å². The van der Waals surface area contributed by atoms with Crippen LogP contribution in [0.3, 0.4) is 0 Å². The lowest BCUT2D eigenvalue weighted by Gasteiger charge is -2.33. The van der Waals surface area contributed by atoms with E-state index in [9.17, 15) is 14.4 Å². The molecule has 0 aromatic heterocycles. The molecule has 1 aromatic carbocycles. The molecule has 0 spiro atoms. The average molecular weight is 479 g/mol. The molecule has 2 aliphatic rings. The molecule has 2 aliphatic heterocycles. The molecule has 11 heteroatoms. The summed E-state index contributed by atoms with van der Waals surface area (Å²) in [6.07, 6.45) is 0. The molecule has 0 bridgehead atoms. The molecule has 1 saturated heterocycles. The molecule has 0 aliphatic carbocycles. The van der Waals surface area contributed by atoms with Crippen LogP contribution in [0.25, 0.3) is 0 Å². The number of hydrogen-bond donors (Lipinski definition) is 1. The number of nitrogens with zero attached hydrogens (tertiary/aromatic N) is 1. The van der Waals surface area contributed by atoms with Crippen molar-refractivity contribution in [3.05, 3.63) is 39.7 Å². The first kappa shape index (κ1) is 24.3. The van der Waals surface area contributed by atoms with E-state index in [1.807, 2.05) is 0 Å². The van der Waals surface area contributed by atoms with E-state index in [1.165, 1.54) is 45.1 Å². The predicted octanol–water partition coefficient (Wildman–Crippen LogP) is 1.89. The number of hydrogen-bond acceptors (Lipinski definition) is 10. The van der Waals surface area contributed by atoms with E-state index in [1.54, 1.807) is 26.0 Å². The summed E-state index contributed by atoms with van der Waals surface area (Å²) in [6, 6.07) is 3.23. The minimum Gasteiger partial charge on any atom is -0.493 e. The smallest absolute Gasteiger partial charge is 0.338 e. The Bertz CT molecular complexity index is 1040. The quantitative estimate of drug-likeness (QED) is 0.581. The molecular weight excluding hydrogens is 452 g/mol. The molecule has 1 fully saturated rings. The number of rotatable bonds is 7. The maximum Gasteiger partial charge on any atom is 0.338 e. The van der Waals surface area contributed by atoms with Crippen LogP contribution in [0.5, 0.6) is 17.2 Å². The fourth-order valence-electron chi connectivity index (χ4n) is 3.85. The highest BCUT2D eigenvalue weighted by Crippen LogP contribution is 2.51. The van der Waals surface area contributed by atoms with E-state index in [4.69, 9.17) is 29.4 Å². The van der Waals surface area contributed by atoms with Gasteiger partial charge in [-0.2, -0.15) is 0 Å². The number of carbonyl (C=O) groups excluding carboxylic acids is 3. The van der Waals surface area contributed by atoms with Crippen molar-refractivity contribution >= 4 is 29.6 Å². The van der Waals surface area contributed by atoms with E-state index in [-0.39, 0.29) is 29.5 Å². The van der Waals surface area contributed by atoms with Crippen LogP contribution in [-0.4, -0.2) is 63.0 Å². The third kappa shape index (κ3) is 3.97. The lowest BCUT2D eigenvalue weighted by atomic mass is 9.82. The molecule has 1 amide bonds. The van der Waals surface area contributed by atoms with Crippen molar-refractivity contribution in [3.63, 3.8) is 0 Å². The average Bonchev–Trinajstić information content (AvgIpc) is 3.11. The number of ether oxygens (including phenoxy) is 5. The number of carbonyl (C=O) groups is 3. The van der Waals surface area contributed by atoms with Crippen LogP contribution in [0.2, 0.25) is 0 Å². The molecule has 0 saturated carbocycles. The summed E-state index contributed by atoms with van der Waals surface area (Å²) >= 11 is 1.17. The van der Waals surface area contributed by atoms with Crippen LogP contribution in [0.1, 0.15) is 25.3 Å². The van der Waals surface area contributed by atoms with Crippen molar-refractivity contribution in [1.82, 2.24) is 4.90 Å². The van der Waals surface area contributed by atoms with Crippen molar-refractivity contribution in [3.8, 4) is 17.2 Å².